The highest BCUT2D eigenvalue weighted by Gasteiger charge is 2.33. The molecule has 0 bridgehead atoms. The molecule has 2 aliphatic heterocycles. The van der Waals surface area contributed by atoms with Gasteiger partial charge in [-0.15, -0.1) is 0 Å². The van der Waals surface area contributed by atoms with Crippen molar-refractivity contribution in [1.29, 1.82) is 0 Å². The molecule has 2 saturated heterocycles. The first-order valence-electron chi connectivity index (χ1n) is 6.88. The Balaban J connectivity index is 1.83. The van der Waals surface area contributed by atoms with Gasteiger partial charge >= 0.3 is 0 Å². The molecule has 0 aromatic carbocycles. The largest absolute Gasteiger partial charge is 0.409 e. The van der Waals surface area contributed by atoms with Crippen molar-refractivity contribution < 1.29 is 9.94 Å². The normalized spacial score (nSPS) is 33.8. The van der Waals surface area contributed by atoms with Crippen LogP contribution in [0.25, 0.3) is 0 Å². The first-order valence-corrected chi connectivity index (χ1v) is 6.88. The number of likely N-dealkylation sites (tertiary alicyclic amines) is 1. The molecule has 104 valence electrons. The summed E-state index contributed by atoms with van der Waals surface area (Å²) in [6, 6.07) is 0. The first kappa shape index (κ1) is 13.6. The highest BCUT2D eigenvalue weighted by Crippen LogP contribution is 2.30. The number of hydrogen-bond donors (Lipinski definition) is 2. The molecule has 2 rings (SSSR count). The van der Waals surface area contributed by atoms with Gasteiger partial charge in [0, 0.05) is 19.0 Å². The topological polar surface area (TPSA) is 71.1 Å². The second-order valence-corrected chi connectivity index (χ2v) is 6.16. The van der Waals surface area contributed by atoms with E-state index in [1.54, 1.807) is 0 Å². The predicted octanol–water partition coefficient (Wildman–Crippen LogP) is 1.40. The van der Waals surface area contributed by atoms with E-state index in [0.717, 1.165) is 45.3 Å². The molecule has 18 heavy (non-hydrogen) atoms. The van der Waals surface area contributed by atoms with E-state index in [2.05, 4.69) is 23.9 Å². The predicted molar refractivity (Wildman–Crippen MR) is 70.8 cm³/mol. The van der Waals surface area contributed by atoms with E-state index in [-0.39, 0.29) is 11.5 Å². The van der Waals surface area contributed by atoms with Crippen LogP contribution in [0.15, 0.2) is 5.16 Å². The zero-order valence-corrected chi connectivity index (χ0v) is 11.4. The van der Waals surface area contributed by atoms with Gasteiger partial charge in [0.15, 0.2) is 0 Å². The molecule has 2 atom stereocenters. The Labute approximate surface area is 109 Å². The summed E-state index contributed by atoms with van der Waals surface area (Å²) in [5.74, 6) is 0.561. The van der Waals surface area contributed by atoms with Crippen molar-refractivity contribution in [1.82, 2.24) is 4.90 Å². The summed E-state index contributed by atoms with van der Waals surface area (Å²) >= 11 is 0. The van der Waals surface area contributed by atoms with Gasteiger partial charge in [-0.3, -0.25) is 0 Å². The molecular formula is C13H25N3O2. The Kier molecular flexibility index (Phi) is 4.12. The third kappa shape index (κ3) is 3.36. The lowest BCUT2D eigenvalue weighted by Crippen LogP contribution is -2.44. The Morgan fingerprint density at radius 2 is 2.28 bits per heavy atom. The van der Waals surface area contributed by atoms with Gasteiger partial charge in [0.25, 0.3) is 0 Å². The minimum Gasteiger partial charge on any atom is -0.409 e. The summed E-state index contributed by atoms with van der Waals surface area (Å²) in [6.45, 7) is 7.26. The fourth-order valence-corrected chi connectivity index (χ4v) is 3.04. The Morgan fingerprint density at radius 3 is 2.89 bits per heavy atom. The maximum absolute atomic E-state index is 8.75. The molecule has 5 nitrogen and oxygen atoms in total. The number of piperidine rings is 1. The van der Waals surface area contributed by atoms with Crippen LogP contribution >= 0.6 is 0 Å². The number of nitrogens with two attached hydrogens (primary N) is 1. The van der Waals surface area contributed by atoms with E-state index in [1.165, 1.54) is 0 Å². The second-order valence-electron chi connectivity index (χ2n) is 6.16. The number of nitrogens with zero attached hydrogens (tertiary/aromatic N) is 2. The van der Waals surface area contributed by atoms with Gasteiger partial charge in [0.05, 0.1) is 11.7 Å². The van der Waals surface area contributed by atoms with E-state index >= 15 is 0 Å². The third-order valence-corrected chi connectivity index (χ3v) is 4.06. The monoisotopic (exact) mass is 255 g/mol. The molecule has 0 aromatic heterocycles. The fraction of sp³-hybridized carbons (Fsp3) is 0.923. The minimum atomic E-state index is 0.0332. The summed E-state index contributed by atoms with van der Waals surface area (Å²) in [4.78, 5) is 2.39. The van der Waals surface area contributed by atoms with Crippen molar-refractivity contribution in [3.05, 3.63) is 0 Å². The molecule has 0 aromatic rings. The number of hydrogen-bond acceptors (Lipinski definition) is 4. The van der Waals surface area contributed by atoms with Gasteiger partial charge in [-0.05, 0) is 46.1 Å². The molecule has 2 fully saturated rings. The van der Waals surface area contributed by atoms with Crippen molar-refractivity contribution in [3.8, 4) is 0 Å². The molecule has 2 heterocycles. The van der Waals surface area contributed by atoms with Gasteiger partial charge in [-0.1, -0.05) is 5.16 Å². The van der Waals surface area contributed by atoms with Crippen LogP contribution in [0.1, 0.15) is 39.5 Å². The third-order valence-electron chi connectivity index (χ3n) is 4.06. The van der Waals surface area contributed by atoms with Crippen molar-refractivity contribution in [2.24, 2.45) is 16.8 Å². The zero-order chi connectivity index (χ0) is 13.2. The molecule has 0 amide bonds. The minimum absolute atomic E-state index is 0.0332. The van der Waals surface area contributed by atoms with Crippen molar-refractivity contribution in [2.75, 3.05) is 19.6 Å². The maximum atomic E-state index is 8.75. The van der Waals surface area contributed by atoms with Crippen LogP contribution in [-0.2, 0) is 4.74 Å². The smallest absolute Gasteiger partial charge is 0.143 e. The SMILES string of the molecule is CC1(C)CCC(CN2CCCC(C(N)=NO)C2)O1. The standard InChI is InChI=1S/C13H25N3O2/c1-13(2)6-5-11(18-13)9-16-7-3-4-10(8-16)12(14)15-17/h10-11,17H,3-9H2,1-2H3,(H2,14,15). The molecule has 2 aliphatic rings. The highest BCUT2D eigenvalue weighted by molar-refractivity contribution is 5.82. The lowest BCUT2D eigenvalue weighted by Gasteiger charge is -2.33. The van der Waals surface area contributed by atoms with Crippen LogP contribution in [0.2, 0.25) is 0 Å². The van der Waals surface area contributed by atoms with Gasteiger partial charge in [-0.2, -0.15) is 0 Å². The molecule has 5 heteroatoms. The molecular weight excluding hydrogens is 230 g/mol. The Hall–Kier alpha value is -0.810. The summed E-state index contributed by atoms with van der Waals surface area (Å²) in [5, 5.41) is 11.9. The summed E-state index contributed by atoms with van der Waals surface area (Å²) in [7, 11) is 0. The van der Waals surface area contributed by atoms with E-state index in [1.807, 2.05) is 0 Å². The maximum Gasteiger partial charge on any atom is 0.143 e. The number of rotatable bonds is 3. The Morgan fingerprint density at radius 1 is 1.50 bits per heavy atom. The number of oxime groups is 1. The lowest BCUT2D eigenvalue weighted by molar-refractivity contribution is -0.0316. The van der Waals surface area contributed by atoms with Crippen LogP contribution in [0.5, 0.6) is 0 Å². The van der Waals surface area contributed by atoms with Crippen LogP contribution in [-0.4, -0.2) is 47.3 Å². The van der Waals surface area contributed by atoms with Crippen LogP contribution in [0.4, 0.5) is 0 Å². The van der Waals surface area contributed by atoms with Crippen LogP contribution < -0.4 is 5.73 Å². The van der Waals surface area contributed by atoms with Gasteiger partial charge < -0.3 is 20.6 Å². The van der Waals surface area contributed by atoms with Gasteiger partial charge in [0.1, 0.15) is 5.84 Å². The first-order chi connectivity index (χ1) is 8.50. The van der Waals surface area contributed by atoms with Crippen LogP contribution in [0.3, 0.4) is 0 Å². The fourth-order valence-electron chi connectivity index (χ4n) is 3.04. The quantitative estimate of drug-likeness (QED) is 0.346. The number of ether oxygens (including phenoxy) is 1. The van der Waals surface area contributed by atoms with Gasteiger partial charge in [0.2, 0.25) is 0 Å². The van der Waals surface area contributed by atoms with Gasteiger partial charge in [-0.25, -0.2) is 0 Å². The average Bonchev–Trinajstić information content (AvgIpc) is 2.68. The van der Waals surface area contributed by atoms with Crippen molar-refractivity contribution >= 4 is 5.84 Å². The summed E-state index contributed by atoms with van der Waals surface area (Å²) in [5.41, 5.74) is 5.74. The zero-order valence-electron chi connectivity index (χ0n) is 11.4. The van der Waals surface area contributed by atoms with E-state index < -0.39 is 0 Å². The van der Waals surface area contributed by atoms with E-state index in [9.17, 15) is 0 Å². The average molecular weight is 255 g/mol. The molecule has 0 saturated carbocycles. The van der Waals surface area contributed by atoms with Crippen molar-refractivity contribution in [3.63, 3.8) is 0 Å². The summed E-state index contributed by atoms with van der Waals surface area (Å²) < 4.78 is 6.02. The number of amidine groups is 1. The van der Waals surface area contributed by atoms with E-state index in [4.69, 9.17) is 15.7 Å². The molecule has 0 radical (unpaired) electrons. The Bertz CT molecular complexity index is 317. The van der Waals surface area contributed by atoms with E-state index in [0.29, 0.717) is 11.9 Å². The molecule has 3 N–H and O–H groups in total. The van der Waals surface area contributed by atoms with Crippen molar-refractivity contribution in [2.45, 2.75) is 51.2 Å². The molecule has 0 aliphatic carbocycles. The van der Waals surface area contributed by atoms with Crippen LogP contribution in [0, 0.1) is 5.92 Å². The second kappa shape index (κ2) is 5.45. The molecule has 2 unspecified atom stereocenters. The highest BCUT2D eigenvalue weighted by atomic mass is 16.5. The summed E-state index contributed by atoms with van der Waals surface area (Å²) in [6.07, 6.45) is 4.74. The lowest BCUT2D eigenvalue weighted by atomic mass is 9.96. The molecule has 0 spiro atoms.